The maximum Gasteiger partial charge on any atom is 0.339 e. The average molecular weight is 464 g/mol. The number of carbonyl (C=O) groups excluding carboxylic acids is 3. The zero-order valence-corrected chi connectivity index (χ0v) is 18.5. The molecule has 0 radical (unpaired) electrons. The van der Waals surface area contributed by atoms with E-state index >= 15 is 0 Å². The van der Waals surface area contributed by atoms with Crippen molar-refractivity contribution >= 4 is 33.5 Å². The van der Waals surface area contributed by atoms with Gasteiger partial charge in [0.1, 0.15) is 11.5 Å². The predicted molar refractivity (Wildman–Crippen MR) is 121 cm³/mol. The summed E-state index contributed by atoms with van der Waals surface area (Å²) in [6.45, 7) is -0.684. The lowest BCUT2D eigenvalue weighted by molar-refractivity contribution is 0.0475. The van der Waals surface area contributed by atoms with Crippen molar-refractivity contribution in [3.63, 3.8) is 0 Å². The van der Waals surface area contributed by atoms with Crippen LogP contribution in [0.1, 0.15) is 31.1 Å². The second-order valence-corrected chi connectivity index (χ2v) is 9.09. The van der Waals surface area contributed by atoms with Crippen LogP contribution in [0.3, 0.4) is 0 Å². The second kappa shape index (κ2) is 8.87. The Bertz CT molecular complexity index is 1340. The SMILES string of the molecule is CN(C(=O)c1ccccc1C(=O)OCCN1C(=O)c2ccccc2S1(=O)=O)c1ccccc1. The maximum absolute atomic E-state index is 13.0. The minimum Gasteiger partial charge on any atom is -0.460 e. The fraction of sp³-hybridized carbons (Fsp3) is 0.125. The molecule has 0 saturated carbocycles. The van der Waals surface area contributed by atoms with Crippen LogP contribution in [0.4, 0.5) is 5.69 Å². The van der Waals surface area contributed by atoms with Crippen LogP contribution in [-0.4, -0.2) is 50.7 Å². The van der Waals surface area contributed by atoms with E-state index in [2.05, 4.69) is 0 Å². The van der Waals surface area contributed by atoms with Gasteiger partial charge in [-0.25, -0.2) is 17.5 Å². The van der Waals surface area contributed by atoms with Crippen molar-refractivity contribution in [2.75, 3.05) is 25.1 Å². The molecule has 0 spiro atoms. The zero-order valence-electron chi connectivity index (χ0n) is 17.7. The van der Waals surface area contributed by atoms with Crippen LogP contribution in [0.25, 0.3) is 0 Å². The Morgan fingerprint density at radius 2 is 1.48 bits per heavy atom. The number of nitrogens with zero attached hydrogens (tertiary/aromatic N) is 2. The number of para-hydroxylation sites is 1. The lowest BCUT2D eigenvalue weighted by Gasteiger charge is -2.19. The van der Waals surface area contributed by atoms with Crippen molar-refractivity contribution in [3.05, 3.63) is 95.6 Å². The number of rotatable bonds is 6. The largest absolute Gasteiger partial charge is 0.460 e. The minimum absolute atomic E-state index is 0.0455. The number of fused-ring (bicyclic) bond motifs is 1. The Labute approximate surface area is 191 Å². The molecule has 0 aliphatic carbocycles. The molecule has 2 amide bonds. The van der Waals surface area contributed by atoms with Gasteiger partial charge in [0, 0.05) is 12.7 Å². The number of benzene rings is 3. The molecule has 1 heterocycles. The number of hydrogen-bond donors (Lipinski definition) is 0. The average Bonchev–Trinajstić information content (AvgIpc) is 3.04. The summed E-state index contributed by atoms with van der Waals surface area (Å²) in [4.78, 5) is 39.5. The molecule has 1 aliphatic rings. The Kier molecular flexibility index (Phi) is 5.97. The van der Waals surface area contributed by atoms with Crippen LogP contribution in [0.15, 0.2) is 83.8 Å². The van der Waals surface area contributed by atoms with Crippen molar-refractivity contribution in [3.8, 4) is 0 Å². The normalized spacial score (nSPS) is 14.0. The Morgan fingerprint density at radius 3 is 2.18 bits per heavy atom. The number of esters is 1. The van der Waals surface area contributed by atoms with Gasteiger partial charge in [-0.2, -0.15) is 0 Å². The predicted octanol–water partition coefficient (Wildman–Crippen LogP) is 2.96. The molecule has 0 saturated heterocycles. The van der Waals surface area contributed by atoms with Gasteiger partial charge in [-0.3, -0.25) is 9.59 Å². The number of carbonyl (C=O) groups is 3. The topological polar surface area (TPSA) is 101 Å². The van der Waals surface area contributed by atoms with Gasteiger partial charge >= 0.3 is 5.97 Å². The van der Waals surface area contributed by atoms with E-state index in [-0.39, 0.29) is 34.7 Å². The third-order valence-corrected chi connectivity index (χ3v) is 7.11. The summed E-state index contributed by atoms with van der Waals surface area (Å²) >= 11 is 0. The van der Waals surface area contributed by atoms with Crippen molar-refractivity contribution in [2.45, 2.75) is 4.90 Å². The molecule has 8 nitrogen and oxygen atoms in total. The summed E-state index contributed by atoms with van der Waals surface area (Å²) in [6, 6.07) is 21.1. The van der Waals surface area contributed by atoms with Gasteiger partial charge in [0.15, 0.2) is 0 Å². The van der Waals surface area contributed by atoms with Gasteiger partial charge in [0.25, 0.3) is 21.8 Å². The highest BCUT2D eigenvalue weighted by Gasteiger charge is 2.40. The first-order valence-corrected chi connectivity index (χ1v) is 11.5. The number of hydrogen-bond acceptors (Lipinski definition) is 6. The summed E-state index contributed by atoms with van der Waals surface area (Å²) < 4.78 is 31.1. The Hall–Kier alpha value is -3.98. The molecular weight excluding hydrogens is 444 g/mol. The third-order valence-electron chi connectivity index (χ3n) is 5.27. The zero-order chi connectivity index (χ0) is 23.6. The summed E-state index contributed by atoms with van der Waals surface area (Å²) in [5.41, 5.74) is 0.932. The molecule has 0 aromatic heterocycles. The third kappa shape index (κ3) is 4.10. The quantitative estimate of drug-likeness (QED) is 0.520. The summed E-state index contributed by atoms with van der Waals surface area (Å²) in [5, 5.41) is 0. The van der Waals surface area contributed by atoms with Crippen LogP contribution in [-0.2, 0) is 14.8 Å². The van der Waals surface area contributed by atoms with Gasteiger partial charge in [0.05, 0.1) is 23.2 Å². The van der Waals surface area contributed by atoms with E-state index in [1.54, 1.807) is 49.5 Å². The number of amides is 2. The molecule has 168 valence electrons. The molecule has 0 atom stereocenters. The smallest absolute Gasteiger partial charge is 0.339 e. The van der Waals surface area contributed by atoms with Crippen LogP contribution in [0, 0.1) is 0 Å². The lowest BCUT2D eigenvalue weighted by Crippen LogP contribution is -2.34. The highest BCUT2D eigenvalue weighted by Crippen LogP contribution is 2.29. The van der Waals surface area contributed by atoms with Gasteiger partial charge in [-0.05, 0) is 36.4 Å². The first kappa shape index (κ1) is 22.2. The molecule has 9 heteroatoms. The van der Waals surface area contributed by atoms with Crippen molar-refractivity contribution in [2.24, 2.45) is 0 Å². The Morgan fingerprint density at radius 1 is 0.879 bits per heavy atom. The summed E-state index contributed by atoms with van der Waals surface area (Å²) in [5.74, 6) is -1.86. The van der Waals surface area contributed by atoms with Crippen LogP contribution in [0.2, 0.25) is 0 Å². The monoisotopic (exact) mass is 464 g/mol. The fourth-order valence-corrected chi connectivity index (χ4v) is 5.10. The first-order valence-electron chi connectivity index (χ1n) is 10.1. The van der Waals surface area contributed by atoms with Crippen LogP contribution in [0.5, 0.6) is 0 Å². The van der Waals surface area contributed by atoms with E-state index in [0.717, 1.165) is 0 Å². The summed E-state index contributed by atoms with van der Waals surface area (Å²) in [6.07, 6.45) is 0. The molecule has 3 aromatic carbocycles. The molecule has 4 rings (SSSR count). The molecular formula is C24H20N2O6S. The van der Waals surface area contributed by atoms with Crippen molar-refractivity contribution in [1.82, 2.24) is 4.31 Å². The molecule has 0 bridgehead atoms. The van der Waals surface area contributed by atoms with Crippen molar-refractivity contribution < 1.29 is 27.5 Å². The van der Waals surface area contributed by atoms with Gasteiger partial charge in [-0.15, -0.1) is 0 Å². The molecule has 0 fully saturated rings. The second-order valence-electron chi connectivity index (χ2n) is 7.26. The van der Waals surface area contributed by atoms with E-state index in [0.29, 0.717) is 9.99 Å². The van der Waals surface area contributed by atoms with Crippen LogP contribution < -0.4 is 4.90 Å². The van der Waals surface area contributed by atoms with Gasteiger partial charge in [-0.1, -0.05) is 42.5 Å². The van der Waals surface area contributed by atoms with Crippen molar-refractivity contribution in [1.29, 1.82) is 0 Å². The van der Waals surface area contributed by atoms with E-state index in [1.165, 1.54) is 35.2 Å². The highest BCUT2D eigenvalue weighted by atomic mass is 32.2. The Balaban J connectivity index is 1.46. The molecule has 0 unspecified atom stereocenters. The number of anilines is 1. The van der Waals surface area contributed by atoms with E-state index in [4.69, 9.17) is 4.74 Å². The standard InChI is InChI=1S/C24H20N2O6S/c1-25(17-9-3-2-4-10-17)22(27)18-11-5-6-12-19(18)24(29)32-16-15-26-23(28)20-13-7-8-14-21(20)33(26,30)31/h2-14H,15-16H2,1H3. The fourth-order valence-electron chi connectivity index (χ4n) is 3.55. The molecule has 33 heavy (non-hydrogen) atoms. The van der Waals surface area contributed by atoms with Crippen LogP contribution >= 0.6 is 0 Å². The van der Waals surface area contributed by atoms with E-state index in [9.17, 15) is 22.8 Å². The number of sulfonamides is 1. The molecule has 3 aromatic rings. The number of ether oxygens (including phenoxy) is 1. The van der Waals surface area contributed by atoms with Gasteiger partial charge in [0.2, 0.25) is 0 Å². The molecule has 1 aliphatic heterocycles. The summed E-state index contributed by atoms with van der Waals surface area (Å²) in [7, 11) is -2.39. The highest BCUT2D eigenvalue weighted by molar-refractivity contribution is 7.90. The van der Waals surface area contributed by atoms with E-state index in [1.807, 2.05) is 6.07 Å². The molecule has 0 N–H and O–H groups in total. The lowest BCUT2D eigenvalue weighted by atomic mass is 10.1. The van der Waals surface area contributed by atoms with E-state index < -0.39 is 27.8 Å². The van der Waals surface area contributed by atoms with Gasteiger partial charge < -0.3 is 9.64 Å². The maximum atomic E-state index is 13.0. The minimum atomic E-state index is -3.99. The first-order chi connectivity index (χ1) is 15.8.